The number of carbonyl (C=O) groups excluding carboxylic acids is 1. The lowest BCUT2D eigenvalue weighted by Gasteiger charge is -2.07. The van der Waals surface area contributed by atoms with Crippen molar-refractivity contribution >= 4 is 11.4 Å². The zero-order valence-corrected chi connectivity index (χ0v) is 16.4. The summed E-state index contributed by atoms with van der Waals surface area (Å²) in [5.74, 6) is 0.454. The van der Waals surface area contributed by atoms with Gasteiger partial charge in [0.25, 0.3) is 11.5 Å². The van der Waals surface area contributed by atoms with E-state index in [2.05, 4.69) is 20.4 Å². The second-order valence-electron chi connectivity index (χ2n) is 6.46. The molecule has 30 heavy (non-hydrogen) atoms. The van der Waals surface area contributed by atoms with E-state index in [4.69, 9.17) is 4.74 Å². The largest absolute Gasteiger partial charge is 0.494 e. The number of nitrogens with zero attached hydrogens (tertiary/aromatic N) is 5. The van der Waals surface area contributed by atoms with E-state index in [1.807, 2.05) is 31.2 Å². The minimum atomic E-state index is -0.334. The fourth-order valence-corrected chi connectivity index (χ4v) is 3.03. The fourth-order valence-electron chi connectivity index (χ4n) is 3.03. The molecule has 0 saturated heterocycles. The van der Waals surface area contributed by atoms with E-state index in [1.54, 1.807) is 23.0 Å². The van der Waals surface area contributed by atoms with E-state index in [0.29, 0.717) is 24.4 Å². The topological polar surface area (TPSA) is 103 Å². The maximum absolute atomic E-state index is 12.8. The Bertz CT molecular complexity index is 1220. The van der Waals surface area contributed by atoms with Gasteiger partial charge in [0.1, 0.15) is 17.0 Å². The molecule has 0 aliphatic heterocycles. The fraction of sp³-hybridized carbons (Fsp3) is 0.190. The molecule has 1 N–H and O–H groups in total. The van der Waals surface area contributed by atoms with E-state index in [9.17, 15) is 9.59 Å². The van der Waals surface area contributed by atoms with Crippen LogP contribution in [0.5, 0.6) is 5.75 Å². The molecule has 1 aromatic carbocycles. The summed E-state index contributed by atoms with van der Waals surface area (Å²) in [4.78, 5) is 32.7. The molecule has 0 unspecified atom stereocenters. The van der Waals surface area contributed by atoms with Gasteiger partial charge < -0.3 is 14.6 Å². The van der Waals surface area contributed by atoms with Crippen molar-refractivity contribution in [3.05, 3.63) is 77.4 Å². The van der Waals surface area contributed by atoms with E-state index in [1.165, 1.54) is 23.2 Å². The average Bonchev–Trinajstić information content (AvgIpc) is 3.22. The van der Waals surface area contributed by atoms with Gasteiger partial charge in [-0.3, -0.25) is 14.6 Å². The standard InChI is InChI=1S/C21H20N6O3/c1-2-30-16-5-3-15(4-6-16)17-13-19-21(29)26(11-12-27(19)25-17)10-9-24-20(28)18-14-22-7-8-23-18/h3-8,11-14H,2,9-10H2,1H3,(H,24,28). The van der Waals surface area contributed by atoms with Crippen molar-refractivity contribution in [3.8, 4) is 17.0 Å². The number of hydrogen-bond acceptors (Lipinski definition) is 6. The van der Waals surface area contributed by atoms with Crippen LogP contribution in [0, 0.1) is 0 Å². The molecular formula is C21H20N6O3. The van der Waals surface area contributed by atoms with Crippen molar-refractivity contribution < 1.29 is 9.53 Å². The quantitative estimate of drug-likeness (QED) is 0.504. The molecule has 0 saturated carbocycles. The molecule has 4 rings (SSSR count). The van der Waals surface area contributed by atoms with Crippen LogP contribution in [0.25, 0.3) is 16.8 Å². The van der Waals surface area contributed by atoms with Crippen LogP contribution < -0.4 is 15.6 Å². The maximum atomic E-state index is 12.8. The molecule has 1 amide bonds. The lowest BCUT2D eigenvalue weighted by Crippen LogP contribution is -2.31. The first-order valence-corrected chi connectivity index (χ1v) is 9.52. The van der Waals surface area contributed by atoms with E-state index in [-0.39, 0.29) is 23.7 Å². The summed E-state index contributed by atoms with van der Waals surface area (Å²) in [5.41, 5.74) is 2.10. The molecule has 152 valence electrons. The highest BCUT2D eigenvalue weighted by atomic mass is 16.5. The Balaban J connectivity index is 1.48. The molecule has 0 aliphatic rings. The van der Waals surface area contributed by atoms with Gasteiger partial charge in [-0.2, -0.15) is 5.10 Å². The second kappa shape index (κ2) is 8.56. The van der Waals surface area contributed by atoms with Gasteiger partial charge in [-0.25, -0.2) is 9.50 Å². The summed E-state index contributed by atoms with van der Waals surface area (Å²) in [7, 11) is 0. The third kappa shape index (κ3) is 4.04. The van der Waals surface area contributed by atoms with Crippen LogP contribution in [0.15, 0.2) is 66.1 Å². The number of carbonyl (C=O) groups is 1. The Labute approximate surface area is 172 Å². The monoisotopic (exact) mass is 404 g/mol. The first-order chi connectivity index (χ1) is 14.7. The van der Waals surface area contributed by atoms with Crippen molar-refractivity contribution in [2.24, 2.45) is 0 Å². The Hall–Kier alpha value is -4.01. The third-order valence-corrected chi connectivity index (χ3v) is 4.50. The number of benzene rings is 1. The lowest BCUT2D eigenvalue weighted by atomic mass is 10.1. The van der Waals surface area contributed by atoms with Crippen LogP contribution in [0.1, 0.15) is 17.4 Å². The molecule has 0 atom stereocenters. The number of aromatic nitrogens is 5. The van der Waals surface area contributed by atoms with Crippen LogP contribution in [0.4, 0.5) is 0 Å². The van der Waals surface area contributed by atoms with Crippen molar-refractivity contribution in [2.75, 3.05) is 13.2 Å². The minimum absolute atomic E-state index is 0.184. The zero-order valence-electron chi connectivity index (χ0n) is 16.4. The summed E-state index contributed by atoms with van der Waals surface area (Å²) < 4.78 is 8.55. The Kier molecular flexibility index (Phi) is 5.51. The molecule has 0 bridgehead atoms. The first-order valence-electron chi connectivity index (χ1n) is 9.52. The van der Waals surface area contributed by atoms with Crippen LogP contribution >= 0.6 is 0 Å². The molecular weight excluding hydrogens is 384 g/mol. The number of amides is 1. The minimum Gasteiger partial charge on any atom is -0.494 e. The first kappa shape index (κ1) is 19.3. The maximum Gasteiger partial charge on any atom is 0.276 e. The van der Waals surface area contributed by atoms with Gasteiger partial charge in [0.15, 0.2) is 0 Å². The van der Waals surface area contributed by atoms with Gasteiger partial charge in [0, 0.05) is 43.4 Å². The van der Waals surface area contributed by atoms with Gasteiger partial charge in [0.2, 0.25) is 0 Å². The van der Waals surface area contributed by atoms with Crippen molar-refractivity contribution in [2.45, 2.75) is 13.5 Å². The summed E-state index contributed by atoms with van der Waals surface area (Å²) in [6, 6.07) is 9.33. The van der Waals surface area contributed by atoms with Gasteiger partial charge in [0.05, 0.1) is 18.5 Å². The molecule has 9 heteroatoms. The molecule has 0 radical (unpaired) electrons. The summed E-state index contributed by atoms with van der Waals surface area (Å²) in [5, 5.41) is 7.22. The SMILES string of the molecule is CCOc1ccc(-c2cc3c(=O)n(CCNC(=O)c4cnccn4)ccn3n2)cc1. The van der Waals surface area contributed by atoms with Crippen molar-refractivity contribution in [1.82, 2.24) is 29.5 Å². The summed E-state index contributed by atoms with van der Waals surface area (Å²) in [6.07, 6.45) is 7.72. The molecule has 0 aliphatic carbocycles. The molecule has 0 spiro atoms. The zero-order chi connectivity index (χ0) is 20.9. The number of nitrogens with one attached hydrogen (secondary N) is 1. The van der Waals surface area contributed by atoms with E-state index < -0.39 is 0 Å². The Morgan fingerprint density at radius 3 is 2.73 bits per heavy atom. The summed E-state index contributed by atoms with van der Waals surface area (Å²) in [6.45, 7) is 3.14. The predicted molar refractivity (Wildman–Crippen MR) is 110 cm³/mol. The normalized spacial score (nSPS) is 10.8. The number of hydrogen-bond donors (Lipinski definition) is 1. The number of fused-ring (bicyclic) bond motifs is 1. The van der Waals surface area contributed by atoms with Gasteiger partial charge in [-0.1, -0.05) is 0 Å². The lowest BCUT2D eigenvalue weighted by molar-refractivity contribution is 0.0947. The highest BCUT2D eigenvalue weighted by Gasteiger charge is 2.10. The van der Waals surface area contributed by atoms with Gasteiger partial charge >= 0.3 is 0 Å². The molecule has 0 fully saturated rings. The van der Waals surface area contributed by atoms with E-state index >= 15 is 0 Å². The average molecular weight is 404 g/mol. The second-order valence-corrected chi connectivity index (χ2v) is 6.46. The molecule has 3 aromatic heterocycles. The molecule has 3 heterocycles. The molecule has 4 aromatic rings. The third-order valence-electron chi connectivity index (χ3n) is 4.50. The highest BCUT2D eigenvalue weighted by Crippen LogP contribution is 2.21. The summed E-state index contributed by atoms with van der Waals surface area (Å²) >= 11 is 0. The van der Waals surface area contributed by atoms with Crippen LogP contribution in [-0.2, 0) is 6.54 Å². The van der Waals surface area contributed by atoms with Crippen LogP contribution in [-0.4, -0.2) is 43.2 Å². The van der Waals surface area contributed by atoms with Crippen molar-refractivity contribution in [3.63, 3.8) is 0 Å². The number of rotatable bonds is 7. The van der Waals surface area contributed by atoms with Crippen LogP contribution in [0.2, 0.25) is 0 Å². The predicted octanol–water partition coefficient (Wildman–Crippen LogP) is 1.78. The van der Waals surface area contributed by atoms with Crippen LogP contribution in [0.3, 0.4) is 0 Å². The van der Waals surface area contributed by atoms with Gasteiger partial charge in [-0.05, 0) is 37.3 Å². The number of ether oxygens (including phenoxy) is 1. The Morgan fingerprint density at radius 1 is 1.17 bits per heavy atom. The Morgan fingerprint density at radius 2 is 2.00 bits per heavy atom. The van der Waals surface area contributed by atoms with Gasteiger partial charge in [-0.15, -0.1) is 0 Å². The smallest absolute Gasteiger partial charge is 0.276 e. The van der Waals surface area contributed by atoms with Crippen molar-refractivity contribution in [1.29, 1.82) is 0 Å². The molecule has 9 nitrogen and oxygen atoms in total. The van der Waals surface area contributed by atoms with E-state index in [0.717, 1.165) is 11.3 Å². The highest BCUT2D eigenvalue weighted by molar-refractivity contribution is 5.91.